The van der Waals surface area contributed by atoms with Crippen LogP contribution in [-0.4, -0.2) is 31.3 Å². The zero-order chi connectivity index (χ0) is 21.3. The third-order valence-electron chi connectivity index (χ3n) is 5.68. The Hall–Kier alpha value is -3.41. The summed E-state index contributed by atoms with van der Waals surface area (Å²) in [6, 6.07) is 13.6. The fraction of sp³-hybridized carbons (Fsp3) is 0.292. The molecule has 1 aliphatic carbocycles. The number of allylic oxidation sites excluding steroid dienone is 2. The van der Waals surface area contributed by atoms with E-state index in [9.17, 15) is 14.4 Å². The molecule has 2 amide bonds. The van der Waals surface area contributed by atoms with Crippen molar-refractivity contribution >= 4 is 23.3 Å². The van der Waals surface area contributed by atoms with Gasteiger partial charge < -0.3 is 9.47 Å². The number of hydrogen-bond donors (Lipinski definition) is 0. The van der Waals surface area contributed by atoms with Gasteiger partial charge in [0, 0.05) is 5.56 Å². The molecule has 1 saturated heterocycles. The second-order valence-corrected chi connectivity index (χ2v) is 7.65. The molecule has 30 heavy (non-hydrogen) atoms. The van der Waals surface area contributed by atoms with Crippen molar-refractivity contribution < 1.29 is 23.9 Å². The number of anilines is 1. The van der Waals surface area contributed by atoms with E-state index < -0.39 is 0 Å². The maximum atomic E-state index is 12.8. The third kappa shape index (κ3) is 3.73. The first-order valence-electron chi connectivity index (χ1n) is 9.91. The van der Waals surface area contributed by atoms with Crippen LogP contribution in [0.5, 0.6) is 11.5 Å². The molecule has 0 bridgehead atoms. The molecule has 1 fully saturated rings. The highest BCUT2D eigenvalue weighted by atomic mass is 16.5. The minimum atomic E-state index is -0.266. The Morgan fingerprint density at radius 2 is 1.77 bits per heavy atom. The van der Waals surface area contributed by atoms with Gasteiger partial charge in [-0.25, -0.2) is 0 Å². The summed E-state index contributed by atoms with van der Waals surface area (Å²) in [5, 5.41) is 0. The zero-order valence-corrected chi connectivity index (χ0v) is 17.0. The second-order valence-electron chi connectivity index (χ2n) is 7.65. The normalized spacial score (nSPS) is 20.6. The predicted molar refractivity (Wildman–Crippen MR) is 112 cm³/mol. The number of amides is 2. The van der Waals surface area contributed by atoms with E-state index in [1.807, 2.05) is 13.0 Å². The van der Waals surface area contributed by atoms with Gasteiger partial charge in [0.15, 0.2) is 12.4 Å². The van der Waals surface area contributed by atoms with Gasteiger partial charge in [0.05, 0.1) is 24.6 Å². The highest BCUT2D eigenvalue weighted by molar-refractivity contribution is 6.22. The Kier molecular flexibility index (Phi) is 5.40. The van der Waals surface area contributed by atoms with Crippen molar-refractivity contribution in [2.45, 2.75) is 19.8 Å². The lowest BCUT2D eigenvalue weighted by atomic mass is 9.82. The Morgan fingerprint density at radius 3 is 2.50 bits per heavy atom. The van der Waals surface area contributed by atoms with E-state index >= 15 is 0 Å². The lowest BCUT2D eigenvalue weighted by molar-refractivity contribution is -0.122. The number of benzene rings is 2. The van der Waals surface area contributed by atoms with E-state index in [0.717, 1.165) is 5.57 Å². The number of Topliss-reactive ketones (excluding diaryl/α,β-unsaturated/α-hetero) is 1. The van der Waals surface area contributed by atoms with Crippen LogP contribution in [0.2, 0.25) is 0 Å². The topological polar surface area (TPSA) is 72.9 Å². The smallest absolute Gasteiger partial charge is 0.238 e. The molecule has 2 atom stereocenters. The molecule has 1 aliphatic heterocycles. The molecule has 6 heteroatoms. The molecular weight excluding hydrogens is 382 g/mol. The van der Waals surface area contributed by atoms with Gasteiger partial charge in [0.2, 0.25) is 11.8 Å². The van der Waals surface area contributed by atoms with Gasteiger partial charge in [-0.15, -0.1) is 0 Å². The van der Waals surface area contributed by atoms with Crippen LogP contribution < -0.4 is 14.4 Å². The Balaban J connectivity index is 1.41. The molecular formula is C24H23NO5. The average Bonchev–Trinajstić information content (AvgIpc) is 3.02. The van der Waals surface area contributed by atoms with Gasteiger partial charge in [-0.05, 0) is 56.2 Å². The monoisotopic (exact) mass is 405 g/mol. The number of fused-ring (bicyclic) bond motifs is 1. The SMILES string of the molecule is COc1cccc(C(=O)COc2ccc(N3C(=O)[C@@H]4CC=C(C)C[C@H]4C3=O)cc2)c1. The van der Waals surface area contributed by atoms with Crippen LogP contribution in [0.4, 0.5) is 5.69 Å². The van der Waals surface area contributed by atoms with E-state index in [1.54, 1.807) is 55.6 Å². The van der Waals surface area contributed by atoms with Crippen molar-refractivity contribution in [2.24, 2.45) is 11.8 Å². The Labute approximate surface area is 175 Å². The van der Waals surface area contributed by atoms with Gasteiger partial charge in [-0.2, -0.15) is 0 Å². The van der Waals surface area contributed by atoms with E-state index in [2.05, 4.69) is 0 Å². The summed E-state index contributed by atoms with van der Waals surface area (Å²) in [6.45, 7) is 1.87. The Bertz CT molecular complexity index is 1020. The molecule has 2 aromatic rings. The minimum Gasteiger partial charge on any atom is -0.497 e. The number of ether oxygens (including phenoxy) is 2. The molecule has 0 unspecified atom stereocenters. The summed E-state index contributed by atoms with van der Waals surface area (Å²) in [5.41, 5.74) is 2.19. The van der Waals surface area contributed by atoms with E-state index in [1.165, 1.54) is 4.90 Å². The lowest BCUT2D eigenvalue weighted by Gasteiger charge is -2.18. The summed E-state index contributed by atoms with van der Waals surface area (Å²) in [5.74, 6) is 0.112. The number of rotatable bonds is 6. The average molecular weight is 405 g/mol. The van der Waals surface area contributed by atoms with Crippen LogP contribution in [0.1, 0.15) is 30.1 Å². The number of carbonyl (C=O) groups excluding carboxylic acids is 3. The summed E-state index contributed by atoms with van der Waals surface area (Å²) in [6.07, 6.45) is 3.30. The van der Waals surface area contributed by atoms with Crippen LogP contribution in [-0.2, 0) is 9.59 Å². The van der Waals surface area contributed by atoms with Crippen molar-refractivity contribution in [3.63, 3.8) is 0 Å². The first-order valence-corrected chi connectivity index (χ1v) is 9.91. The minimum absolute atomic E-state index is 0.122. The number of ketones is 1. The second kappa shape index (κ2) is 8.14. The van der Waals surface area contributed by atoms with Gasteiger partial charge in [-0.3, -0.25) is 19.3 Å². The van der Waals surface area contributed by atoms with Crippen LogP contribution in [0.3, 0.4) is 0 Å². The first kappa shape index (κ1) is 19.9. The maximum Gasteiger partial charge on any atom is 0.238 e. The standard InChI is InChI=1S/C24H23NO5/c1-15-6-11-20-21(12-15)24(28)25(23(20)27)17-7-9-18(10-8-17)30-14-22(26)16-4-3-5-19(13-16)29-2/h3-10,13,20-21H,11-12,14H2,1-2H3/t20-,21-/m1/s1. The molecule has 2 aromatic carbocycles. The highest BCUT2D eigenvalue weighted by Crippen LogP contribution is 2.39. The number of carbonyl (C=O) groups is 3. The predicted octanol–water partition coefficient (Wildman–Crippen LogP) is 3.80. The van der Waals surface area contributed by atoms with Crippen LogP contribution >= 0.6 is 0 Å². The van der Waals surface area contributed by atoms with E-state index in [0.29, 0.717) is 35.6 Å². The molecule has 154 valence electrons. The zero-order valence-electron chi connectivity index (χ0n) is 17.0. The van der Waals surface area contributed by atoms with Crippen molar-refractivity contribution in [3.8, 4) is 11.5 Å². The van der Waals surface area contributed by atoms with Gasteiger partial charge in [0.1, 0.15) is 11.5 Å². The van der Waals surface area contributed by atoms with Crippen LogP contribution in [0, 0.1) is 11.8 Å². The van der Waals surface area contributed by atoms with E-state index in [-0.39, 0.29) is 36.0 Å². The van der Waals surface area contributed by atoms with Gasteiger partial charge in [-0.1, -0.05) is 23.8 Å². The van der Waals surface area contributed by atoms with Gasteiger partial charge in [0.25, 0.3) is 0 Å². The largest absolute Gasteiger partial charge is 0.497 e. The molecule has 6 nitrogen and oxygen atoms in total. The number of methoxy groups -OCH3 is 1. The quantitative estimate of drug-likeness (QED) is 0.415. The molecule has 0 radical (unpaired) electrons. The summed E-state index contributed by atoms with van der Waals surface area (Å²) in [7, 11) is 1.55. The van der Waals surface area contributed by atoms with Crippen molar-refractivity contribution in [3.05, 3.63) is 65.7 Å². The highest BCUT2D eigenvalue weighted by Gasteiger charge is 2.48. The summed E-state index contributed by atoms with van der Waals surface area (Å²) < 4.78 is 10.7. The van der Waals surface area contributed by atoms with Crippen LogP contribution in [0.15, 0.2) is 60.2 Å². The molecule has 0 saturated carbocycles. The molecule has 1 heterocycles. The lowest BCUT2D eigenvalue weighted by Crippen LogP contribution is -2.30. The van der Waals surface area contributed by atoms with Crippen molar-refractivity contribution in [1.29, 1.82) is 0 Å². The number of imide groups is 1. The molecule has 0 N–H and O–H groups in total. The van der Waals surface area contributed by atoms with Gasteiger partial charge >= 0.3 is 0 Å². The number of hydrogen-bond acceptors (Lipinski definition) is 5. The van der Waals surface area contributed by atoms with E-state index in [4.69, 9.17) is 9.47 Å². The molecule has 0 aromatic heterocycles. The summed E-state index contributed by atoms with van der Waals surface area (Å²) in [4.78, 5) is 39.2. The van der Waals surface area contributed by atoms with Crippen molar-refractivity contribution in [1.82, 2.24) is 0 Å². The molecule has 2 aliphatic rings. The Morgan fingerprint density at radius 1 is 1.03 bits per heavy atom. The van der Waals surface area contributed by atoms with Crippen molar-refractivity contribution in [2.75, 3.05) is 18.6 Å². The fourth-order valence-corrected chi connectivity index (χ4v) is 4.01. The summed E-state index contributed by atoms with van der Waals surface area (Å²) >= 11 is 0. The van der Waals surface area contributed by atoms with Crippen LogP contribution in [0.25, 0.3) is 0 Å². The fourth-order valence-electron chi connectivity index (χ4n) is 4.01. The first-order chi connectivity index (χ1) is 14.5. The third-order valence-corrected chi connectivity index (χ3v) is 5.68. The number of nitrogens with zero attached hydrogens (tertiary/aromatic N) is 1. The molecule has 0 spiro atoms. The maximum absolute atomic E-state index is 12.8. The molecule has 4 rings (SSSR count).